The topological polar surface area (TPSA) is 33.0 Å². The van der Waals surface area contributed by atoms with Gasteiger partial charge in [0.1, 0.15) is 12.4 Å². The van der Waals surface area contributed by atoms with Gasteiger partial charge >= 0.3 is 0 Å². The lowest BCUT2D eigenvalue weighted by molar-refractivity contribution is 0.169. The third kappa shape index (κ3) is 2.75. The Bertz CT molecular complexity index is 719. The zero-order chi connectivity index (χ0) is 14.9. The number of hydrogen-bond donors (Lipinski definition) is 0. The molecule has 0 spiro atoms. The Balaban J connectivity index is 1.91. The Labute approximate surface area is 129 Å². The van der Waals surface area contributed by atoms with Crippen LogP contribution in [-0.4, -0.2) is 6.61 Å². The van der Waals surface area contributed by atoms with Crippen molar-refractivity contribution < 1.29 is 4.74 Å². The molecule has 3 heteroatoms. The zero-order valence-electron chi connectivity index (χ0n) is 11.9. The van der Waals surface area contributed by atoms with Crippen LogP contribution in [0.25, 0.3) is 0 Å². The molecule has 1 aliphatic rings. The van der Waals surface area contributed by atoms with Crippen molar-refractivity contribution in [2.24, 2.45) is 5.41 Å². The summed E-state index contributed by atoms with van der Waals surface area (Å²) in [6.07, 6.45) is 1.31. The van der Waals surface area contributed by atoms with Gasteiger partial charge in [-0.05, 0) is 48.6 Å². The van der Waals surface area contributed by atoms with Gasteiger partial charge in [-0.25, -0.2) is 0 Å². The first-order valence-electron chi connectivity index (χ1n) is 6.99. The number of nitriles is 1. The van der Waals surface area contributed by atoms with E-state index in [-0.39, 0.29) is 0 Å². The van der Waals surface area contributed by atoms with Gasteiger partial charge in [0.15, 0.2) is 0 Å². The van der Waals surface area contributed by atoms with Gasteiger partial charge in [-0.2, -0.15) is 5.26 Å². The van der Waals surface area contributed by atoms with Gasteiger partial charge in [-0.15, -0.1) is 0 Å². The largest absolute Gasteiger partial charge is 0.492 e. The van der Waals surface area contributed by atoms with Gasteiger partial charge in [-0.3, -0.25) is 0 Å². The first kappa shape index (κ1) is 14.0. The van der Waals surface area contributed by atoms with E-state index < -0.39 is 5.41 Å². The summed E-state index contributed by atoms with van der Waals surface area (Å²) in [5, 5.41) is 10.4. The van der Waals surface area contributed by atoms with Crippen molar-refractivity contribution in [1.82, 2.24) is 0 Å². The average Bonchev–Trinajstić information content (AvgIpc) is 2.50. The van der Waals surface area contributed by atoms with Gasteiger partial charge < -0.3 is 4.74 Å². The Morgan fingerprint density at radius 2 is 2.10 bits per heavy atom. The van der Waals surface area contributed by atoms with Crippen LogP contribution >= 0.6 is 11.6 Å². The molecule has 0 N–H and O–H groups in total. The molecule has 2 aromatic rings. The van der Waals surface area contributed by atoms with Crippen LogP contribution in [0.1, 0.15) is 16.7 Å². The minimum absolute atomic E-state index is 0.407. The Morgan fingerprint density at radius 3 is 2.86 bits per heavy atom. The van der Waals surface area contributed by atoms with Crippen molar-refractivity contribution in [3.63, 3.8) is 0 Å². The summed E-state index contributed by atoms with van der Waals surface area (Å²) < 4.78 is 5.80. The second-order valence-corrected chi connectivity index (χ2v) is 6.14. The van der Waals surface area contributed by atoms with Gasteiger partial charge in [0.05, 0.1) is 11.5 Å². The molecule has 0 fully saturated rings. The second-order valence-electron chi connectivity index (χ2n) is 5.74. The number of hydrogen-bond acceptors (Lipinski definition) is 2. The van der Waals surface area contributed by atoms with Gasteiger partial charge in [0.2, 0.25) is 0 Å². The molecule has 2 aromatic carbocycles. The summed E-state index contributed by atoms with van der Waals surface area (Å²) in [7, 11) is 0. The molecule has 0 radical (unpaired) electrons. The van der Waals surface area contributed by atoms with Crippen molar-refractivity contribution in [3.05, 3.63) is 64.2 Å². The van der Waals surface area contributed by atoms with Crippen molar-refractivity contribution in [2.45, 2.75) is 19.8 Å². The number of para-hydroxylation sites is 1. The fourth-order valence-corrected chi connectivity index (χ4v) is 3.11. The first-order chi connectivity index (χ1) is 10.1. The lowest BCUT2D eigenvalue weighted by atomic mass is 9.77. The summed E-state index contributed by atoms with van der Waals surface area (Å²) in [6, 6.07) is 16.4. The minimum Gasteiger partial charge on any atom is -0.492 e. The summed E-state index contributed by atoms with van der Waals surface area (Å²) >= 11 is 6.32. The van der Waals surface area contributed by atoms with E-state index in [0.29, 0.717) is 19.4 Å². The molecule has 1 aliphatic heterocycles. The molecule has 1 heterocycles. The van der Waals surface area contributed by atoms with E-state index in [0.717, 1.165) is 27.5 Å². The van der Waals surface area contributed by atoms with Crippen LogP contribution in [0.5, 0.6) is 5.75 Å². The molecule has 21 heavy (non-hydrogen) atoms. The third-order valence-corrected chi connectivity index (χ3v) is 4.33. The normalized spacial score (nSPS) is 20.2. The molecular formula is C18H16ClNO. The molecule has 1 unspecified atom stereocenters. The highest BCUT2D eigenvalue weighted by atomic mass is 35.5. The summed E-state index contributed by atoms with van der Waals surface area (Å²) in [4.78, 5) is 0. The molecule has 0 bridgehead atoms. The molecule has 0 saturated carbocycles. The highest BCUT2D eigenvalue weighted by molar-refractivity contribution is 6.31. The van der Waals surface area contributed by atoms with Crippen molar-refractivity contribution in [3.8, 4) is 11.8 Å². The highest BCUT2D eigenvalue weighted by Crippen LogP contribution is 2.37. The predicted octanol–water partition coefficient (Wildman–Crippen LogP) is 4.34. The van der Waals surface area contributed by atoms with Crippen LogP contribution in [0.15, 0.2) is 42.5 Å². The number of aryl methyl sites for hydroxylation is 1. The van der Waals surface area contributed by atoms with Crippen LogP contribution in [0, 0.1) is 23.7 Å². The van der Waals surface area contributed by atoms with Crippen LogP contribution < -0.4 is 4.74 Å². The average molecular weight is 298 g/mol. The first-order valence-corrected chi connectivity index (χ1v) is 7.37. The van der Waals surface area contributed by atoms with E-state index in [1.165, 1.54) is 0 Å². The standard InChI is InChI=1S/C18H16ClNO/c1-13-6-7-14(16(19)8-13)9-18(11-20)10-15-4-2-3-5-17(15)21-12-18/h2-8H,9-10,12H2,1H3. The maximum Gasteiger partial charge on any atom is 0.122 e. The van der Waals surface area contributed by atoms with Crippen LogP contribution in [0.2, 0.25) is 5.02 Å². The van der Waals surface area contributed by atoms with Crippen LogP contribution in [0.3, 0.4) is 0 Å². The second kappa shape index (κ2) is 5.42. The highest BCUT2D eigenvalue weighted by Gasteiger charge is 2.36. The quantitative estimate of drug-likeness (QED) is 0.826. The van der Waals surface area contributed by atoms with E-state index >= 15 is 0 Å². The summed E-state index contributed by atoms with van der Waals surface area (Å²) in [5.41, 5.74) is 2.67. The molecular weight excluding hydrogens is 282 g/mol. The van der Waals surface area contributed by atoms with Crippen molar-refractivity contribution >= 4 is 11.6 Å². The van der Waals surface area contributed by atoms with Crippen LogP contribution in [-0.2, 0) is 12.8 Å². The minimum atomic E-state index is -0.548. The van der Waals surface area contributed by atoms with E-state index in [1.54, 1.807) is 0 Å². The Morgan fingerprint density at radius 1 is 1.29 bits per heavy atom. The van der Waals surface area contributed by atoms with Gasteiger partial charge in [0, 0.05) is 5.02 Å². The summed E-state index contributed by atoms with van der Waals surface area (Å²) in [6.45, 7) is 2.42. The monoisotopic (exact) mass is 297 g/mol. The van der Waals surface area contributed by atoms with E-state index in [2.05, 4.69) is 6.07 Å². The van der Waals surface area contributed by atoms with Gasteiger partial charge in [-0.1, -0.05) is 41.9 Å². The fraction of sp³-hybridized carbons (Fsp3) is 0.278. The molecule has 0 amide bonds. The fourth-order valence-electron chi connectivity index (χ4n) is 2.81. The van der Waals surface area contributed by atoms with Crippen LogP contribution in [0.4, 0.5) is 0 Å². The number of nitrogens with zero attached hydrogens (tertiary/aromatic N) is 1. The zero-order valence-corrected chi connectivity index (χ0v) is 12.7. The summed E-state index contributed by atoms with van der Waals surface area (Å²) in [5.74, 6) is 0.887. The van der Waals surface area contributed by atoms with Crippen molar-refractivity contribution in [1.29, 1.82) is 5.26 Å². The number of fused-ring (bicyclic) bond motifs is 1. The van der Waals surface area contributed by atoms with E-state index in [4.69, 9.17) is 16.3 Å². The maximum atomic E-state index is 9.70. The SMILES string of the molecule is Cc1ccc(CC2(C#N)COc3ccccc3C2)c(Cl)c1. The molecule has 0 aliphatic carbocycles. The van der Waals surface area contributed by atoms with Gasteiger partial charge in [0.25, 0.3) is 0 Å². The molecule has 0 saturated heterocycles. The maximum absolute atomic E-state index is 9.70. The molecule has 0 aromatic heterocycles. The lowest BCUT2D eigenvalue weighted by Gasteiger charge is -2.32. The molecule has 3 rings (SSSR count). The Kier molecular flexibility index (Phi) is 3.61. The van der Waals surface area contributed by atoms with Crippen molar-refractivity contribution in [2.75, 3.05) is 6.61 Å². The third-order valence-electron chi connectivity index (χ3n) is 3.98. The smallest absolute Gasteiger partial charge is 0.122 e. The van der Waals surface area contributed by atoms with E-state index in [1.807, 2.05) is 49.4 Å². The lowest BCUT2D eigenvalue weighted by Crippen LogP contribution is -2.35. The van der Waals surface area contributed by atoms with E-state index in [9.17, 15) is 5.26 Å². The molecule has 106 valence electrons. The number of ether oxygens (including phenoxy) is 1. The number of halogens is 1. The number of benzene rings is 2. The molecule has 1 atom stereocenters. The number of rotatable bonds is 2. The molecule has 2 nitrogen and oxygen atoms in total. The predicted molar refractivity (Wildman–Crippen MR) is 83.6 cm³/mol. The Hall–Kier alpha value is -1.98.